The van der Waals surface area contributed by atoms with E-state index in [9.17, 15) is 4.79 Å². The van der Waals surface area contributed by atoms with Gasteiger partial charge in [-0.05, 0) is 0 Å². The Morgan fingerprint density at radius 3 is 2.83 bits per heavy atom. The zero-order valence-corrected chi connectivity index (χ0v) is 6.75. The van der Waals surface area contributed by atoms with Crippen LogP contribution < -0.4 is 5.43 Å². The molecule has 1 heterocycles. The van der Waals surface area contributed by atoms with Crippen LogP contribution in [0.2, 0.25) is 0 Å². The molecule has 0 atom stereocenters. The molecule has 1 saturated heterocycles. The van der Waals surface area contributed by atoms with Gasteiger partial charge in [0.25, 0.3) is 0 Å². The van der Waals surface area contributed by atoms with Gasteiger partial charge >= 0.3 is 0 Å². The van der Waals surface area contributed by atoms with Gasteiger partial charge in [0.15, 0.2) is 0 Å². The Balaban J connectivity index is 2.21. The Bertz CT molecular complexity index is 193. The predicted octanol–water partition coefficient (Wildman–Crippen LogP) is -0.737. The van der Waals surface area contributed by atoms with Crippen LogP contribution in [0, 0.1) is 11.3 Å². The molecule has 1 amide bonds. The number of hydrazine groups is 1. The van der Waals surface area contributed by atoms with E-state index in [1.807, 2.05) is 0 Å². The Hall–Kier alpha value is -1.12. The maximum atomic E-state index is 10.9. The third kappa shape index (κ3) is 2.86. The lowest BCUT2D eigenvalue weighted by atomic mass is 10.4. The standard InChI is InChI=1S/C7H11N3O2/c8-2-1-7(11)9-10-3-5-12-6-4-10/h1,3-6H2,(H,9,11). The first-order chi connectivity index (χ1) is 5.83. The van der Waals surface area contributed by atoms with Crippen LogP contribution in [0.4, 0.5) is 0 Å². The summed E-state index contributed by atoms with van der Waals surface area (Å²) < 4.78 is 5.08. The van der Waals surface area contributed by atoms with Crippen molar-refractivity contribution in [1.29, 1.82) is 5.26 Å². The minimum Gasteiger partial charge on any atom is -0.379 e. The van der Waals surface area contributed by atoms with E-state index >= 15 is 0 Å². The number of ether oxygens (including phenoxy) is 1. The van der Waals surface area contributed by atoms with Crippen LogP contribution in [0.15, 0.2) is 0 Å². The molecular formula is C7H11N3O2. The number of carbonyl (C=O) groups excluding carboxylic acids is 1. The van der Waals surface area contributed by atoms with Gasteiger partial charge in [-0.1, -0.05) is 0 Å². The molecule has 0 spiro atoms. The highest BCUT2D eigenvalue weighted by Gasteiger charge is 2.11. The number of nitriles is 1. The topological polar surface area (TPSA) is 65.4 Å². The normalized spacial score (nSPS) is 18.2. The van der Waals surface area contributed by atoms with Crippen molar-refractivity contribution in [1.82, 2.24) is 10.4 Å². The number of nitrogens with one attached hydrogen (secondary N) is 1. The molecule has 0 saturated carbocycles. The zero-order chi connectivity index (χ0) is 8.81. The molecule has 5 heteroatoms. The van der Waals surface area contributed by atoms with Crippen LogP contribution in [0.25, 0.3) is 0 Å². The second-order valence-corrected chi connectivity index (χ2v) is 2.47. The average molecular weight is 169 g/mol. The highest BCUT2D eigenvalue weighted by atomic mass is 16.5. The Morgan fingerprint density at radius 2 is 2.25 bits per heavy atom. The molecular weight excluding hydrogens is 158 g/mol. The van der Waals surface area contributed by atoms with Crippen LogP contribution >= 0.6 is 0 Å². The van der Waals surface area contributed by atoms with Crippen molar-refractivity contribution in [3.63, 3.8) is 0 Å². The summed E-state index contributed by atoms with van der Waals surface area (Å²) >= 11 is 0. The maximum Gasteiger partial charge on any atom is 0.248 e. The summed E-state index contributed by atoms with van der Waals surface area (Å²) in [5.41, 5.74) is 2.61. The monoisotopic (exact) mass is 169 g/mol. The average Bonchev–Trinajstić information content (AvgIpc) is 2.06. The lowest BCUT2D eigenvalue weighted by Gasteiger charge is -2.26. The van der Waals surface area contributed by atoms with Crippen molar-refractivity contribution < 1.29 is 9.53 Å². The minimum atomic E-state index is -0.251. The van der Waals surface area contributed by atoms with E-state index in [1.165, 1.54) is 0 Å². The Morgan fingerprint density at radius 1 is 1.58 bits per heavy atom. The van der Waals surface area contributed by atoms with E-state index in [0.29, 0.717) is 26.3 Å². The fourth-order valence-corrected chi connectivity index (χ4v) is 0.963. The highest BCUT2D eigenvalue weighted by molar-refractivity contribution is 5.77. The van der Waals surface area contributed by atoms with Crippen molar-refractivity contribution in [3.8, 4) is 6.07 Å². The lowest BCUT2D eigenvalue weighted by molar-refractivity contribution is -0.126. The SMILES string of the molecule is N#CCC(=O)NN1CCOCC1. The van der Waals surface area contributed by atoms with Gasteiger partial charge in [0.05, 0.1) is 19.3 Å². The van der Waals surface area contributed by atoms with Gasteiger partial charge in [0, 0.05) is 13.1 Å². The van der Waals surface area contributed by atoms with Crippen molar-refractivity contribution >= 4 is 5.91 Å². The van der Waals surface area contributed by atoms with E-state index in [2.05, 4.69) is 5.43 Å². The third-order valence-electron chi connectivity index (χ3n) is 1.53. The molecule has 66 valence electrons. The first-order valence-electron chi connectivity index (χ1n) is 3.82. The fourth-order valence-electron chi connectivity index (χ4n) is 0.963. The van der Waals surface area contributed by atoms with Gasteiger partial charge in [-0.2, -0.15) is 5.26 Å². The van der Waals surface area contributed by atoms with Gasteiger partial charge in [0.2, 0.25) is 5.91 Å². The predicted molar refractivity (Wildman–Crippen MR) is 40.8 cm³/mol. The molecule has 1 aliphatic rings. The number of amides is 1. The number of hydrogen-bond acceptors (Lipinski definition) is 4. The molecule has 12 heavy (non-hydrogen) atoms. The Labute approximate surface area is 70.9 Å². The molecule has 0 aromatic carbocycles. The van der Waals surface area contributed by atoms with Gasteiger partial charge in [-0.15, -0.1) is 0 Å². The van der Waals surface area contributed by atoms with Crippen molar-refractivity contribution in [2.75, 3.05) is 26.3 Å². The van der Waals surface area contributed by atoms with Crippen LogP contribution in [0.1, 0.15) is 6.42 Å². The summed E-state index contributed by atoms with van der Waals surface area (Å²) in [6, 6.07) is 1.79. The summed E-state index contributed by atoms with van der Waals surface area (Å²) in [5.74, 6) is -0.251. The van der Waals surface area contributed by atoms with Crippen molar-refractivity contribution in [2.45, 2.75) is 6.42 Å². The molecule has 1 aliphatic heterocycles. The van der Waals surface area contributed by atoms with Gasteiger partial charge in [-0.25, -0.2) is 5.01 Å². The molecule has 1 rings (SSSR count). The number of rotatable bonds is 2. The van der Waals surface area contributed by atoms with Crippen LogP contribution in [-0.2, 0) is 9.53 Å². The molecule has 1 N–H and O–H groups in total. The first kappa shape index (κ1) is 8.97. The van der Waals surface area contributed by atoms with Crippen molar-refractivity contribution in [3.05, 3.63) is 0 Å². The zero-order valence-electron chi connectivity index (χ0n) is 6.75. The summed E-state index contributed by atoms with van der Waals surface area (Å²) in [7, 11) is 0. The van der Waals surface area contributed by atoms with Gasteiger partial charge in [0.1, 0.15) is 6.42 Å². The van der Waals surface area contributed by atoms with Crippen LogP contribution in [-0.4, -0.2) is 37.2 Å². The summed E-state index contributed by atoms with van der Waals surface area (Å²) in [6.07, 6.45) is -0.0860. The van der Waals surface area contributed by atoms with Crippen molar-refractivity contribution in [2.24, 2.45) is 0 Å². The Kier molecular flexibility index (Phi) is 3.51. The van der Waals surface area contributed by atoms with E-state index in [-0.39, 0.29) is 12.3 Å². The molecule has 0 aromatic rings. The second-order valence-electron chi connectivity index (χ2n) is 2.47. The molecule has 0 aromatic heterocycles. The molecule has 0 radical (unpaired) electrons. The number of nitrogens with zero attached hydrogens (tertiary/aromatic N) is 2. The highest BCUT2D eigenvalue weighted by Crippen LogP contribution is 1.92. The largest absolute Gasteiger partial charge is 0.379 e. The number of carbonyl (C=O) groups is 1. The van der Waals surface area contributed by atoms with Crippen LogP contribution in [0.5, 0.6) is 0 Å². The summed E-state index contributed by atoms with van der Waals surface area (Å²) in [5, 5.41) is 9.98. The number of morpholine rings is 1. The van der Waals surface area contributed by atoms with Crippen LogP contribution in [0.3, 0.4) is 0 Å². The molecule has 0 aliphatic carbocycles. The van der Waals surface area contributed by atoms with Gasteiger partial charge in [-0.3, -0.25) is 10.2 Å². The van der Waals surface area contributed by atoms with E-state index in [0.717, 1.165) is 0 Å². The minimum absolute atomic E-state index is 0.0860. The molecule has 5 nitrogen and oxygen atoms in total. The quantitative estimate of drug-likeness (QED) is 0.591. The number of hydrogen-bond donors (Lipinski definition) is 1. The molecule has 1 fully saturated rings. The fraction of sp³-hybridized carbons (Fsp3) is 0.714. The summed E-state index contributed by atoms with van der Waals surface area (Å²) in [4.78, 5) is 10.9. The lowest BCUT2D eigenvalue weighted by Crippen LogP contribution is -2.48. The first-order valence-corrected chi connectivity index (χ1v) is 3.82. The summed E-state index contributed by atoms with van der Waals surface area (Å²) in [6.45, 7) is 2.65. The van der Waals surface area contributed by atoms with E-state index in [1.54, 1.807) is 11.1 Å². The molecule has 0 unspecified atom stereocenters. The smallest absolute Gasteiger partial charge is 0.248 e. The van der Waals surface area contributed by atoms with Gasteiger partial charge < -0.3 is 4.74 Å². The van der Waals surface area contributed by atoms with E-state index in [4.69, 9.17) is 10.00 Å². The molecule has 0 bridgehead atoms. The maximum absolute atomic E-state index is 10.9. The second kappa shape index (κ2) is 4.70. The third-order valence-corrected chi connectivity index (χ3v) is 1.53. The van der Waals surface area contributed by atoms with E-state index < -0.39 is 0 Å².